The minimum absolute atomic E-state index is 0.0445. The molecule has 2 aliphatic heterocycles. The molecule has 12 heteroatoms. The Balaban J connectivity index is 1.13. The van der Waals surface area contributed by atoms with Crippen molar-refractivity contribution in [3.63, 3.8) is 0 Å². The Hall–Kier alpha value is -5.40. The lowest BCUT2D eigenvalue weighted by Crippen LogP contribution is -2.50. The van der Waals surface area contributed by atoms with Crippen LogP contribution in [0.2, 0.25) is 0 Å². The topological polar surface area (TPSA) is 133 Å². The number of hydrogen-bond acceptors (Lipinski definition) is 11. The van der Waals surface area contributed by atoms with Gasteiger partial charge in [0.25, 0.3) is 5.91 Å². The van der Waals surface area contributed by atoms with E-state index in [0.717, 1.165) is 11.1 Å². The van der Waals surface area contributed by atoms with E-state index in [9.17, 15) is 9.59 Å². The van der Waals surface area contributed by atoms with Crippen molar-refractivity contribution in [1.29, 1.82) is 0 Å². The molecule has 4 aromatic carbocycles. The van der Waals surface area contributed by atoms with Gasteiger partial charge in [0.1, 0.15) is 28.9 Å². The van der Waals surface area contributed by atoms with Gasteiger partial charge in [-0.05, 0) is 74.4 Å². The number of nitrogens with one attached hydrogen (secondary N) is 1. The van der Waals surface area contributed by atoms with Gasteiger partial charge in [-0.1, -0.05) is 42.5 Å². The van der Waals surface area contributed by atoms with Gasteiger partial charge >= 0.3 is 5.63 Å². The molecule has 0 aliphatic carbocycles. The normalized spacial score (nSPS) is 20.3. The van der Waals surface area contributed by atoms with Gasteiger partial charge in [0.15, 0.2) is 17.3 Å². The number of rotatable bonds is 12. The third kappa shape index (κ3) is 7.78. The fourth-order valence-electron chi connectivity index (χ4n) is 6.89. The van der Waals surface area contributed by atoms with Crippen LogP contribution in [-0.2, 0) is 25.6 Å². The molecule has 54 heavy (non-hydrogen) atoms. The highest BCUT2D eigenvalue weighted by Gasteiger charge is 2.51. The number of fused-ring (bicyclic) bond motifs is 2. The first kappa shape index (κ1) is 36.9. The van der Waals surface area contributed by atoms with Gasteiger partial charge in [-0.15, -0.1) is 0 Å². The molecule has 282 valence electrons. The minimum Gasteiger partial charge on any atom is -0.497 e. The zero-order valence-corrected chi connectivity index (χ0v) is 31.0. The van der Waals surface area contributed by atoms with Crippen molar-refractivity contribution in [2.75, 3.05) is 33.3 Å². The average molecular weight is 738 g/mol. The van der Waals surface area contributed by atoms with Crippen LogP contribution in [0.5, 0.6) is 23.0 Å². The summed E-state index contributed by atoms with van der Waals surface area (Å²) in [5.41, 5.74) is 2.81. The minimum atomic E-state index is -0.891. The van der Waals surface area contributed by atoms with Gasteiger partial charge < -0.3 is 47.6 Å². The smallest absolute Gasteiger partial charge is 0.360 e. The fourth-order valence-corrected chi connectivity index (χ4v) is 6.89. The van der Waals surface area contributed by atoms with Gasteiger partial charge in [0, 0.05) is 28.5 Å². The highest BCUT2D eigenvalue weighted by atomic mass is 16.8. The Kier molecular flexibility index (Phi) is 10.6. The highest BCUT2D eigenvalue weighted by Crippen LogP contribution is 2.43. The van der Waals surface area contributed by atoms with E-state index in [4.69, 9.17) is 42.3 Å². The summed E-state index contributed by atoms with van der Waals surface area (Å²) >= 11 is 0. The van der Waals surface area contributed by atoms with Crippen LogP contribution in [0.15, 0.2) is 94.1 Å². The summed E-state index contributed by atoms with van der Waals surface area (Å²) in [5.74, 6) is 0.554. The van der Waals surface area contributed by atoms with Gasteiger partial charge in [-0.3, -0.25) is 4.79 Å². The predicted molar refractivity (Wildman–Crippen MR) is 201 cm³/mol. The van der Waals surface area contributed by atoms with Crippen LogP contribution in [0, 0.1) is 6.92 Å². The molecule has 2 fully saturated rings. The Labute approximate surface area is 312 Å². The van der Waals surface area contributed by atoms with Crippen molar-refractivity contribution in [2.45, 2.75) is 64.2 Å². The number of carbonyl (C=O) groups excluding carboxylic acids is 1. The number of anilines is 1. The van der Waals surface area contributed by atoms with Crippen LogP contribution < -0.4 is 29.9 Å². The Morgan fingerprint density at radius 2 is 1.69 bits per heavy atom. The standard InChI is InChI=1S/C42H43NO11/c1-24-36-28(19-32(40(45)51-36)43-39(44)27-15-16-33(47-5)31(18-27)26-13-10-14-29(17-26)46-4)20-34(48-6)37(24)52-41-38-35(53-42(2,3)54-38)21-30(50-41)23-49-22-25-11-8-7-9-12-25/h7-20,30,35,38,41H,21-23H2,1-6H3,(H,43,44)/t30-,35+,38+,41+/m0/s1. The molecule has 2 saturated heterocycles. The Morgan fingerprint density at radius 1 is 0.889 bits per heavy atom. The number of amides is 1. The van der Waals surface area contributed by atoms with E-state index in [0.29, 0.717) is 64.7 Å². The molecule has 0 spiro atoms. The van der Waals surface area contributed by atoms with E-state index < -0.39 is 29.7 Å². The lowest BCUT2D eigenvalue weighted by atomic mass is 10.0. The molecule has 0 radical (unpaired) electrons. The lowest BCUT2D eigenvalue weighted by Gasteiger charge is -2.36. The molecule has 1 N–H and O–H groups in total. The molecule has 12 nitrogen and oxygen atoms in total. The third-order valence-electron chi connectivity index (χ3n) is 9.44. The molecule has 5 aromatic rings. The van der Waals surface area contributed by atoms with Crippen molar-refractivity contribution < 1.29 is 47.1 Å². The summed E-state index contributed by atoms with van der Waals surface area (Å²) < 4.78 is 54.0. The van der Waals surface area contributed by atoms with Crippen LogP contribution in [0.25, 0.3) is 22.1 Å². The van der Waals surface area contributed by atoms with E-state index in [1.807, 2.05) is 68.4 Å². The lowest BCUT2D eigenvalue weighted by molar-refractivity contribution is -0.226. The number of methoxy groups -OCH3 is 3. The maximum Gasteiger partial charge on any atom is 0.360 e. The zero-order chi connectivity index (χ0) is 38.0. The summed E-state index contributed by atoms with van der Waals surface area (Å²) in [6.45, 7) is 6.22. The largest absolute Gasteiger partial charge is 0.497 e. The van der Waals surface area contributed by atoms with Crippen LogP contribution >= 0.6 is 0 Å². The van der Waals surface area contributed by atoms with Crippen molar-refractivity contribution in [3.8, 4) is 34.1 Å². The first-order valence-corrected chi connectivity index (χ1v) is 17.6. The second-order valence-corrected chi connectivity index (χ2v) is 13.6. The van der Waals surface area contributed by atoms with Crippen molar-refractivity contribution >= 4 is 22.6 Å². The molecule has 1 amide bonds. The van der Waals surface area contributed by atoms with Crippen LogP contribution in [0.1, 0.15) is 41.8 Å². The average Bonchev–Trinajstić information content (AvgIpc) is 3.50. The molecule has 0 unspecified atom stereocenters. The highest BCUT2D eigenvalue weighted by molar-refractivity contribution is 6.06. The van der Waals surface area contributed by atoms with Crippen LogP contribution in [-0.4, -0.2) is 64.2 Å². The summed E-state index contributed by atoms with van der Waals surface area (Å²) in [5, 5.41) is 3.22. The van der Waals surface area contributed by atoms with Crippen molar-refractivity contribution in [3.05, 3.63) is 112 Å². The summed E-state index contributed by atoms with van der Waals surface area (Å²) in [4.78, 5) is 26.9. The number of ether oxygens (including phenoxy) is 8. The second-order valence-electron chi connectivity index (χ2n) is 13.6. The van der Waals surface area contributed by atoms with Gasteiger partial charge in [0.2, 0.25) is 6.29 Å². The molecule has 3 heterocycles. The summed E-state index contributed by atoms with van der Waals surface area (Å²) in [7, 11) is 4.66. The molecular formula is C42H43NO11. The number of carbonyl (C=O) groups is 1. The quantitative estimate of drug-likeness (QED) is 0.130. The van der Waals surface area contributed by atoms with E-state index in [-0.39, 0.29) is 23.5 Å². The third-order valence-corrected chi connectivity index (χ3v) is 9.44. The summed E-state index contributed by atoms with van der Waals surface area (Å²) in [6, 6.07) is 25.6. The van der Waals surface area contributed by atoms with Crippen LogP contribution in [0.4, 0.5) is 5.69 Å². The molecule has 4 atom stereocenters. The predicted octanol–water partition coefficient (Wildman–Crippen LogP) is 7.28. The Morgan fingerprint density at radius 3 is 2.44 bits per heavy atom. The van der Waals surface area contributed by atoms with E-state index in [1.54, 1.807) is 51.5 Å². The zero-order valence-electron chi connectivity index (χ0n) is 31.0. The van der Waals surface area contributed by atoms with Gasteiger partial charge in [0.05, 0.1) is 46.8 Å². The SMILES string of the molecule is COc1cccc(-c2cc(C(=O)Nc3cc4cc(OC)c(O[C@H]5O[C@H](COCc6ccccc6)C[C@H]6OC(C)(C)O[C@@H]56)c(C)c4oc3=O)ccc2OC)c1. The first-order chi connectivity index (χ1) is 26.0. The molecular weight excluding hydrogens is 694 g/mol. The summed E-state index contributed by atoms with van der Waals surface area (Å²) in [6.07, 6.45) is -1.53. The van der Waals surface area contributed by atoms with E-state index in [1.165, 1.54) is 7.11 Å². The monoisotopic (exact) mass is 737 g/mol. The number of aryl methyl sites for hydroxylation is 1. The molecule has 2 aliphatic rings. The maximum atomic E-state index is 13.5. The maximum absolute atomic E-state index is 13.5. The van der Waals surface area contributed by atoms with E-state index in [2.05, 4.69) is 5.32 Å². The molecule has 1 aromatic heterocycles. The van der Waals surface area contributed by atoms with E-state index >= 15 is 0 Å². The second kappa shape index (κ2) is 15.5. The number of benzene rings is 4. The number of hydrogen-bond donors (Lipinski definition) is 1. The fraction of sp³-hybridized carbons (Fsp3) is 0.333. The van der Waals surface area contributed by atoms with Crippen LogP contribution in [0.3, 0.4) is 0 Å². The van der Waals surface area contributed by atoms with Gasteiger partial charge in [-0.2, -0.15) is 0 Å². The molecule has 7 rings (SSSR count). The first-order valence-electron chi connectivity index (χ1n) is 17.6. The van der Waals surface area contributed by atoms with Crippen molar-refractivity contribution in [1.82, 2.24) is 0 Å². The molecule has 0 saturated carbocycles. The Bertz CT molecular complexity index is 2200. The molecule has 0 bridgehead atoms. The van der Waals surface area contributed by atoms with Crippen molar-refractivity contribution in [2.24, 2.45) is 0 Å². The van der Waals surface area contributed by atoms with Gasteiger partial charge in [-0.25, -0.2) is 4.79 Å².